The van der Waals surface area contributed by atoms with Gasteiger partial charge in [-0.05, 0) is 112 Å². The summed E-state index contributed by atoms with van der Waals surface area (Å²) >= 11 is 0. The van der Waals surface area contributed by atoms with Gasteiger partial charge in [0.25, 0.3) is 0 Å². The van der Waals surface area contributed by atoms with E-state index in [1.54, 1.807) is 6.92 Å². The highest BCUT2D eigenvalue weighted by Crippen LogP contribution is 2.33. The molecule has 1 aliphatic carbocycles. The molecule has 3 aromatic rings. The molecule has 3 aromatic carbocycles. The van der Waals surface area contributed by atoms with E-state index in [9.17, 15) is 9.59 Å². The molecule has 2 fully saturated rings. The van der Waals surface area contributed by atoms with Crippen LogP contribution in [-0.2, 0) is 11.2 Å². The number of nitrogens with zero attached hydrogens (tertiary/aromatic N) is 1. The molecule has 192 valence electrons. The maximum Gasteiger partial charge on any atom is 0.227 e. The molecule has 0 spiro atoms. The average Bonchev–Trinajstić information content (AvgIpc) is 3.78. The van der Waals surface area contributed by atoms with Gasteiger partial charge in [0.05, 0.1) is 0 Å². The number of carbonyl (C=O) groups is 2. The third kappa shape index (κ3) is 6.95. The zero-order chi connectivity index (χ0) is 25.6. The molecule has 4 heteroatoms. The predicted molar refractivity (Wildman–Crippen MR) is 150 cm³/mol. The van der Waals surface area contributed by atoms with Gasteiger partial charge in [0.2, 0.25) is 5.91 Å². The van der Waals surface area contributed by atoms with Crippen LogP contribution in [0.25, 0.3) is 0 Å². The van der Waals surface area contributed by atoms with Crippen LogP contribution in [-0.4, -0.2) is 36.2 Å². The van der Waals surface area contributed by atoms with Crippen LogP contribution < -0.4 is 5.32 Å². The van der Waals surface area contributed by atoms with E-state index in [4.69, 9.17) is 0 Å². The lowest BCUT2D eigenvalue weighted by Gasteiger charge is -2.33. The summed E-state index contributed by atoms with van der Waals surface area (Å²) in [5.41, 5.74) is 5.68. The van der Waals surface area contributed by atoms with Gasteiger partial charge in [-0.3, -0.25) is 9.59 Å². The van der Waals surface area contributed by atoms with Crippen molar-refractivity contribution in [2.75, 3.05) is 25.0 Å². The van der Waals surface area contributed by atoms with E-state index in [-0.39, 0.29) is 17.6 Å². The van der Waals surface area contributed by atoms with Crippen molar-refractivity contribution < 1.29 is 9.59 Å². The summed E-state index contributed by atoms with van der Waals surface area (Å²) < 4.78 is 0. The van der Waals surface area contributed by atoms with Crippen molar-refractivity contribution in [3.05, 3.63) is 101 Å². The Kier molecular flexibility index (Phi) is 8.15. The molecule has 1 saturated heterocycles. The van der Waals surface area contributed by atoms with Gasteiger partial charge in [0, 0.05) is 17.2 Å². The number of benzene rings is 3. The number of Topliss-reactive ketones (excluding diaryl/α,β-unsaturated/α-hetero) is 1. The molecule has 5 rings (SSSR count). The van der Waals surface area contributed by atoms with Crippen LogP contribution in [0.1, 0.15) is 77.9 Å². The summed E-state index contributed by atoms with van der Waals surface area (Å²) in [7, 11) is 0. The lowest BCUT2D eigenvalue weighted by Crippen LogP contribution is -2.34. The molecule has 0 bridgehead atoms. The number of amides is 1. The molecule has 2 aliphatic rings. The average molecular weight is 495 g/mol. The molecular formula is C33H38N2O2. The van der Waals surface area contributed by atoms with Crippen LogP contribution >= 0.6 is 0 Å². The molecule has 0 aromatic heterocycles. The Bertz CT molecular complexity index is 1210. The summed E-state index contributed by atoms with van der Waals surface area (Å²) in [6.45, 7) is 4.92. The molecule has 4 nitrogen and oxygen atoms in total. The number of hydrogen-bond acceptors (Lipinski definition) is 3. The number of ketones is 1. The first kappa shape index (κ1) is 25.4. The third-order valence-electron chi connectivity index (χ3n) is 8.04. The van der Waals surface area contributed by atoms with Crippen molar-refractivity contribution in [3.63, 3.8) is 0 Å². The zero-order valence-corrected chi connectivity index (χ0v) is 21.9. The SMILES string of the molecule is CC(=O)c1cccc(C[C@@H](CCN2CCC(c3cccc(NC(=O)C4CC4)c3)CC2)c2ccccc2)c1. The monoisotopic (exact) mass is 494 g/mol. The standard InChI is InChI=1S/C33H38N2O2/c1-24(36)29-10-5-7-25(21-29)22-31(26-8-3-2-4-9-26)17-20-35-18-15-27(16-19-35)30-11-6-12-32(23-30)34-33(37)28-13-14-28/h2-12,21,23,27-28,31H,13-20,22H2,1H3,(H,34,37)/t31-/m1/s1. The topological polar surface area (TPSA) is 49.4 Å². The Labute approximate surface area is 221 Å². The minimum atomic E-state index is 0.122. The summed E-state index contributed by atoms with van der Waals surface area (Å²) in [4.78, 5) is 26.7. The van der Waals surface area contributed by atoms with Crippen LogP contribution in [0.4, 0.5) is 5.69 Å². The lowest BCUT2D eigenvalue weighted by atomic mass is 9.87. The van der Waals surface area contributed by atoms with E-state index in [0.717, 1.165) is 69.4 Å². The second kappa shape index (κ2) is 11.9. The highest BCUT2D eigenvalue weighted by molar-refractivity contribution is 5.94. The van der Waals surface area contributed by atoms with Crippen LogP contribution in [0.3, 0.4) is 0 Å². The van der Waals surface area contributed by atoms with Crippen molar-refractivity contribution in [3.8, 4) is 0 Å². The second-order valence-electron chi connectivity index (χ2n) is 10.9. The van der Waals surface area contributed by atoms with E-state index in [1.807, 2.05) is 18.2 Å². The molecule has 1 N–H and O–H groups in total. The Morgan fingerprint density at radius 3 is 2.38 bits per heavy atom. The third-order valence-corrected chi connectivity index (χ3v) is 8.04. The Morgan fingerprint density at radius 1 is 0.892 bits per heavy atom. The highest BCUT2D eigenvalue weighted by atomic mass is 16.2. The lowest BCUT2D eigenvalue weighted by molar-refractivity contribution is -0.117. The number of hydrogen-bond donors (Lipinski definition) is 1. The summed E-state index contributed by atoms with van der Waals surface area (Å²) in [6.07, 6.45) is 6.40. The number of rotatable bonds is 10. The van der Waals surface area contributed by atoms with E-state index in [0.29, 0.717) is 11.8 Å². The Balaban J connectivity index is 1.17. The quantitative estimate of drug-likeness (QED) is 0.314. The van der Waals surface area contributed by atoms with Crippen molar-refractivity contribution in [1.82, 2.24) is 4.90 Å². The molecule has 0 unspecified atom stereocenters. The molecule has 0 radical (unpaired) electrons. The first-order valence-electron chi connectivity index (χ1n) is 13.8. The van der Waals surface area contributed by atoms with Crippen LogP contribution in [0.2, 0.25) is 0 Å². The fourth-order valence-corrected chi connectivity index (χ4v) is 5.60. The molecule has 1 aliphatic heterocycles. The first-order chi connectivity index (χ1) is 18.0. The van der Waals surface area contributed by atoms with Crippen LogP contribution in [0.15, 0.2) is 78.9 Å². The second-order valence-corrected chi connectivity index (χ2v) is 10.9. The fourth-order valence-electron chi connectivity index (χ4n) is 5.60. The number of likely N-dealkylation sites (tertiary alicyclic amines) is 1. The fraction of sp³-hybridized carbons (Fsp3) is 0.394. The summed E-state index contributed by atoms with van der Waals surface area (Å²) in [6, 6.07) is 27.4. The maximum absolute atomic E-state index is 12.2. The number of piperidine rings is 1. The molecule has 1 amide bonds. The molecular weight excluding hydrogens is 456 g/mol. The van der Waals surface area contributed by atoms with E-state index in [2.05, 4.69) is 70.9 Å². The van der Waals surface area contributed by atoms with E-state index >= 15 is 0 Å². The van der Waals surface area contributed by atoms with Crippen LogP contribution in [0.5, 0.6) is 0 Å². The summed E-state index contributed by atoms with van der Waals surface area (Å²) in [5.74, 6) is 1.50. The summed E-state index contributed by atoms with van der Waals surface area (Å²) in [5, 5.41) is 3.10. The van der Waals surface area contributed by atoms with Gasteiger partial charge < -0.3 is 10.2 Å². The number of carbonyl (C=O) groups excluding carboxylic acids is 2. The van der Waals surface area contributed by atoms with Crippen molar-refractivity contribution in [2.24, 2.45) is 5.92 Å². The molecule has 1 heterocycles. The van der Waals surface area contributed by atoms with E-state index < -0.39 is 0 Å². The first-order valence-corrected chi connectivity index (χ1v) is 13.8. The molecule has 37 heavy (non-hydrogen) atoms. The molecule has 1 saturated carbocycles. The predicted octanol–water partition coefficient (Wildman–Crippen LogP) is 6.83. The van der Waals surface area contributed by atoms with Crippen molar-refractivity contribution in [2.45, 2.75) is 57.3 Å². The van der Waals surface area contributed by atoms with Gasteiger partial charge in [-0.1, -0.05) is 60.7 Å². The zero-order valence-electron chi connectivity index (χ0n) is 21.9. The van der Waals surface area contributed by atoms with Crippen molar-refractivity contribution >= 4 is 17.4 Å². The van der Waals surface area contributed by atoms with Gasteiger partial charge >= 0.3 is 0 Å². The molecule has 1 atom stereocenters. The van der Waals surface area contributed by atoms with Gasteiger partial charge in [-0.15, -0.1) is 0 Å². The van der Waals surface area contributed by atoms with Gasteiger partial charge in [-0.2, -0.15) is 0 Å². The minimum Gasteiger partial charge on any atom is -0.326 e. The van der Waals surface area contributed by atoms with Crippen molar-refractivity contribution in [1.29, 1.82) is 0 Å². The van der Waals surface area contributed by atoms with Gasteiger partial charge in [-0.25, -0.2) is 0 Å². The Hall–Kier alpha value is -3.24. The van der Waals surface area contributed by atoms with E-state index in [1.165, 1.54) is 16.7 Å². The van der Waals surface area contributed by atoms with Gasteiger partial charge in [0.15, 0.2) is 5.78 Å². The number of anilines is 1. The van der Waals surface area contributed by atoms with Gasteiger partial charge in [0.1, 0.15) is 0 Å². The minimum absolute atomic E-state index is 0.122. The maximum atomic E-state index is 12.2. The van der Waals surface area contributed by atoms with Crippen LogP contribution in [0, 0.1) is 5.92 Å². The normalized spacial score (nSPS) is 17.3. The highest BCUT2D eigenvalue weighted by Gasteiger charge is 2.29. The smallest absolute Gasteiger partial charge is 0.227 e. The largest absolute Gasteiger partial charge is 0.326 e. The number of nitrogens with one attached hydrogen (secondary N) is 1. The Morgan fingerprint density at radius 2 is 1.65 bits per heavy atom.